The third-order valence-corrected chi connectivity index (χ3v) is 4.95. The molecule has 17 heavy (non-hydrogen) atoms. The zero-order valence-electron chi connectivity index (χ0n) is 9.76. The fraction of sp³-hybridized carbons (Fsp3) is 0.417. The highest BCUT2D eigenvalue weighted by Crippen LogP contribution is 2.32. The summed E-state index contributed by atoms with van der Waals surface area (Å²) in [7, 11) is 0. The Kier molecular flexibility index (Phi) is 4.06. The standard InChI is InChI=1S/C12H14BrClN2S/c1-3-12(2)7-17-11(16-12)15-10-5-4-8(14)6-9(10)13/h4-6H,3,7H2,1-2H3,(H,15,16). The molecular weight excluding hydrogens is 320 g/mol. The number of rotatable bonds is 2. The maximum Gasteiger partial charge on any atom is 0.161 e. The van der Waals surface area contributed by atoms with Gasteiger partial charge in [-0.15, -0.1) is 0 Å². The number of thioether (sulfide) groups is 1. The van der Waals surface area contributed by atoms with E-state index < -0.39 is 0 Å². The van der Waals surface area contributed by atoms with E-state index in [2.05, 4.69) is 35.1 Å². The van der Waals surface area contributed by atoms with Crippen molar-refractivity contribution in [1.82, 2.24) is 0 Å². The number of nitrogens with zero attached hydrogens (tertiary/aromatic N) is 1. The normalized spacial score (nSPS) is 23.6. The van der Waals surface area contributed by atoms with Gasteiger partial charge in [0, 0.05) is 15.2 Å². The maximum atomic E-state index is 5.91. The predicted molar refractivity (Wildman–Crippen MR) is 81.4 cm³/mol. The first-order chi connectivity index (χ1) is 8.02. The number of anilines is 1. The summed E-state index contributed by atoms with van der Waals surface area (Å²) in [5, 5.41) is 5.04. The number of nitrogens with one attached hydrogen (secondary N) is 1. The van der Waals surface area contributed by atoms with Crippen molar-refractivity contribution in [2.45, 2.75) is 25.8 Å². The SMILES string of the molecule is CCC1(C)CSC(Nc2ccc(Cl)cc2Br)=N1. The van der Waals surface area contributed by atoms with Gasteiger partial charge in [0.05, 0.1) is 11.2 Å². The van der Waals surface area contributed by atoms with E-state index in [1.54, 1.807) is 11.8 Å². The van der Waals surface area contributed by atoms with Crippen molar-refractivity contribution in [3.63, 3.8) is 0 Å². The lowest BCUT2D eigenvalue weighted by atomic mass is 10.0. The van der Waals surface area contributed by atoms with Crippen LogP contribution >= 0.6 is 39.3 Å². The van der Waals surface area contributed by atoms with Crippen LogP contribution in [0.25, 0.3) is 0 Å². The van der Waals surface area contributed by atoms with Crippen molar-refractivity contribution in [2.75, 3.05) is 11.1 Å². The average molecular weight is 334 g/mol. The van der Waals surface area contributed by atoms with Crippen LogP contribution in [0.15, 0.2) is 27.7 Å². The highest BCUT2D eigenvalue weighted by Gasteiger charge is 2.28. The lowest BCUT2D eigenvalue weighted by Gasteiger charge is -2.15. The molecule has 0 spiro atoms. The van der Waals surface area contributed by atoms with Crippen LogP contribution in [0.4, 0.5) is 5.69 Å². The van der Waals surface area contributed by atoms with Crippen molar-refractivity contribution in [3.05, 3.63) is 27.7 Å². The molecule has 1 aliphatic rings. The molecule has 2 nitrogen and oxygen atoms in total. The Bertz CT molecular complexity index is 464. The minimum atomic E-state index is 0.0753. The molecule has 0 amide bonds. The molecule has 0 saturated carbocycles. The van der Waals surface area contributed by atoms with Crippen LogP contribution in [0.3, 0.4) is 0 Å². The minimum absolute atomic E-state index is 0.0753. The lowest BCUT2D eigenvalue weighted by molar-refractivity contribution is 0.523. The number of hydrogen-bond donors (Lipinski definition) is 1. The van der Waals surface area contributed by atoms with Crippen LogP contribution in [0.2, 0.25) is 5.02 Å². The Hall–Kier alpha value is -0.190. The van der Waals surface area contributed by atoms with E-state index in [4.69, 9.17) is 16.6 Å². The average Bonchev–Trinajstić information content (AvgIpc) is 2.66. The van der Waals surface area contributed by atoms with Gasteiger partial charge < -0.3 is 5.32 Å². The molecule has 0 aliphatic carbocycles. The largest absolute Gasteiger partial charge is 0.334 e. The molecule has 92 valence electrons. The summed E-state index contributed by atoms with van der Waals surface area (Å²) in [6.07, 6.45) is 1.06. The summed E-state index contributed by atoms with van der Waals surface area (Å²) >= 11 is 11.2. The number of amidine groups is 1. The first kappa shape index (κ1) is 13.2. The van der Waals surface area contributed by atoms with E-state index in [9.17, 15) is 0 Å². The molecule has 1 N–H and O–H groups in total. The summed E-state index contributed by atoms with van der Waals surface area (Å²) in [5.74, 6) is 1.04. The highest BCUT2D eigenvalue weighted by molar-refractivity contribution is 9.10. The summed E-state index contributed by atoms with van der Waals surface area (Å²) in [4.78, 5) is 4.71. The maximum absolute atomic E-state index is 5.91. The predicted octanol–water partition coefficient (Wildman–Crippen LogP) is 4.79. The molecule has 0 bridgehead atoms. The summed E-state index contributed by atoms with van der Waals surface area (Å²) in [5.41, 5.74) is 1.08. The van der Waals surface area contributed by atoms with Gasteiger partial charge in [-0.3, -0.25) is 4.99 Å². The molecule has 2 rings (SSSR count). The molecule has 5 heteroatoms. The highest BCUT2D eigenvalue weighted by atomic mass is 79.9. The molecule has 0 aromatic heterocycles. The van der Waals surface area contributed by atoms with E-state index in [1.165, 1.54) is 0 Å². The molecule has 1 atom stereocenters. The van der Waals surface area contributed by atoms with E-state index >= 15 is 0 Å². The van der Waals surface area contributed by atoms with Crippen molar-refractivity contribution in [2.24, 2.45) is 4.99 Å². The second-order valence-electron chi connectivity index (χ2n) is 4.31. The van der Waals surface area contributed by atoms with Crippen molar-refractivity contribution >= 4 is 50.1 Å². The van der Waals surface area contributed by atoms with Gasteiger partial charge in [0.2, 0.25) is 0 Å². The molecular formula is C12H14BrClN2S. The monoisotopic (exact) mass is 332 g/mol. The quantitative estimate of drug-likeness (QED) is 0.842. The minimum Gasteiger partial charge on any atom is -0.334 e. The van der Waals surface area contributed by atoms with Crippen molar-refractivity contribution in [3.8, 4) is 0 Å². The molecule has 0 radical (unpaired) electrons. The summed E-state index contributed by atoms with van der Waals surface area (Å²) in [6, 6.07) is 5.70. The second kappa shape index (κ2) is 5.21. The van der Waals surface area contributed by atoms with Crippen LogP contribution in [0.1, 0.15) is 20.3 Å². The topological polar surface area (TPSA) is 24.4 Å². The van der Waals surface area contributed by atoms with Gasteiger partial charge in [0.25, 0.3) is 0 Å². The van der Waals surface area contributed by atoms with Crippen LogP contribution in [0.5, 0.6) is 0 Å². The Balaban J connectivity index is 2.15. The Morgan fingerprint density at radius 2 is 2.35 bits per heavy atom. The number of benzene rings is 1. The van der Waals surface area contributed by atoms with Crippen LogP contribution in [0, 0.1) is 0 Å². The van der Waals surface area contributed by atoms with Gasteiger partial charge in [-0.25, -0.2) is 0 Å². The van der Waals surface area contributed by atoms with Gasteiger partial charge >= 0.3 is 0 Å². The van der Waals surface area contributed by atoms with Crippen LogP contribution in [-0.2, 0) is 0 Å². The van der Waals surface area contributed by atoms with Crippen LogP contribution < -0.4 is 5.32 Å². The van der Waals surface area contributed by atoms with Crippen molar-refractivity contribution < 1.29 is 0 Å². The van der Waals surface area contributed by atoms with Gasteiger partial charge in [-0.1, -0.05) is 30.3 Å². The molecule has 0 saturated heterocycles. The summed E-state index contributed by atoms with van der Waals surface area (Å²) in [6.45, 7) is 4.36. The van der Waals surface area contributed by atoms with E-state index in [-0.39, 0.29) is 5.54 Å². The smallest absolute Gasteiger partial charge is 0.161 e. The first-order valence-corrected chi connectivity index (χ1v) is 7.63. The van der Waals surface area contributed by atoms with E-state index in [1.807, 2.05) is 18.2 Å². The Morgan fingerprint density at radius 3 is 2.94 bits per heavy atom. The summed E-state index contributed by atoms with van der Waals surface area (Å²) < 4.78 is 0.957. The Morgan fingerprint density at radius 1 is 1.59 bits per heavy atom. The molecule has 1 unspecified atom stereocenters. The molecule has 1 aromatic rings. The fourth-order valence-electron chi connectivity index (χ4n) is 1.48. The molecule has 1 heterocycles. The lowest BCUT2D eigenvalue weighted by Crippen LogP contribution is -2.20. The van der Waals surface area contributed by atoms with Gasteiger partial charge in [-0.05, 0) is 47.5 Å². The second-order valence-corrected chi connectivity index (χ2v) is 6.56. The van der Waals surface area contributed by atoms with Gasteiger partial charge in [-0.2, -0.15) is 0 Å². The number of hydrogen-bond acceptors (Lipinski definition) is 3. The molecule has 1 aromatic carbocycles. The number of halogens is 2. The van der Waals surface area contributed by atoms with Crippen molar-refractivity contribution in [1.29, 1.82) is 0 Å². The molecule has 1 aliphatic heterocycles. The fourth-order valence-corrected chi connectivity index (χ4v) is 3.45. The Labute approximate surface area is 119 Å². The zero-order chi connectivity index (χ0) is 12.5. The zero-order valence-corrected chi connectivity index (χ0v) is 12.9. The third kappa shape index (κ3) is 3.18. The number of aliphatic imine (C=N–C) groups is 1. The van der Waals surface area contributed by atoms with E-state index in [0.29, 0.717) is 0 Å². The first-order valence-electron chi connectivity index (χ1n) is 5.47. The third-order valence-electron chi connectivity index (χ3n) is 2.83. The van der Waals surface area contributed by atoms with E-state index in [0.717, 1.165) is 32.5 Å². The van der Waals surface area contributed by atoms with Crippen LogP contribution in [-0.4, -0.2) is 16.5 Å². The van der Waals surface area contributed by atoms with Gasteiger partial charge in [0.1, 0.15) is 0 Å². The molecule has 0 fully saturated rings. The van der Waals surface area contributed by atoms with Gasteiger partial charge in [0.15, 0.2) is 5.17 Å².